The molecule has 0 aromatic carbocycles. The predicted molar refractivity (Wildman–Crippen MR) is 110 cm³/mol. The highest BCUT2D eigenvalue weighted by molar-refractivity contribution is 5.90. The van der Waals surface area contributed by atoms with E-state index in [2.05, 4.69) is 44.9 Å². The summed E-state index contributed by atoms with van der Waals surface area (Å²) in [4.78, 5) is 20.4. The minimum Gasteiger partial charge on any atom is -0.359 e. The number of amides is 1. The molecule has 2 heterocycles. The van der Waals surface area contributed by atoms with E-state index in [0.717, 1.165) is 30.0 Å². The topological polar surface area (TPSA) is 104 Å². The average molecular weight is 387 g/mol. The molecule has 0 aliphatic heterocycles. The normalized spacial score (nSPS) is 11.5. The van der Waals surface area contributed by atoms with Gasteiger partial charge in [-0.3, -0.25) is 9.79 Å². The zero-order chi connectivity index (χ0) is 20.4. The highest BCUT2D eigenvalue weighted by Gasteiger charge is 2.13. The van der Waals surface area contributed by atoms with E-state index in [1.807, 2.05) is 25.1 Å². The molecule has 1 amide bonds. The molecule has 0 aliphatic rings. The van der Waals surface area contributed by atoms with Crippen LogP contribution in [0.1, 0.15) is 56.2 Å². The van der Waals surface area contributed by atoms with Crippen molar-refractivity contribution in [3.8, 4) is 0 Å². The van der Waals surface area contributed by atoms with Gasteiger partial charge in [-0.05, 0) is 31.9 Å². The fourth-order valence-electron chi connectivity index (χ4n) is 2.82. The average Bonchev–Trinajstić information content (AvgIpc) is 3.14. The molecule has 2 rings (SSSR count). The van der Waals surface area contributed by atoms with Crippen molar-refractivity contribution in [1.29, 1.82) is 0 Å². The van der Waals surface area contributed by atoms with Crippen LogP contribution in [0, 0.1) is 6.92 Å². The summed E-state index contributed by atoms with van der Waals surface area (Å²) in [5, 5.41) is 13.2. The van der Waals surface area contributed by atoms with Gasteiger partial charge in [-0.25, -0.2) is 4.98 Å². The number of carbonyl (C=O) groups excluding carboxylic acids is 1. The number of nitrogens with zero attached hydrogens (tertiary/aromatic N) is 3. The van der Waals surface area contributed by atoms with Crippen molar-refractivity contribution in [2.75, 3.05) is 18.9 Å². The second-order valence-corrected chi connectivity index (χ2v) is 6.55. The molecule has 2 aromatic rings. The molecule has 0 atom stereocenters. The molecule has 2 aromatic heterocycles. The number of aryl methyl sites for hydroxylation is 1. The number of carbonyl (C=O) groups is 1. The number of aromatic nitrogens is 2. The summed E-state index contributed by atoms with van der Waals surface area (Å²) in [5.41, 5.74) is 1.85. The molecule has 0 saturated carbocycles. The van der Waals surface area contributed by atoms with Gasteiger partial charge in [0.2, 0.25) is 5.91 Å². The molecular formula is C20H30N6O2. The zero-order valence-electron chi connectivity index (χ0n) is 17.1. The second-order valence-electron chi connectivity index (χ2n) is 6.55. The van der Waals surface area contributed by atoms with Crippen LogP contribution in [0.4, 0.5) is 5.82 Å². The van der Waals surface area contributed by atoms with Gasteiger partial charge in [0, 0.05) is 37.7 Å². The third-order valence-electron chi connectivity index (χ3n) is 4.44. The van der Waals surface area contributed by atoms with Crippen molar-refractivity contribution in [2.45, 2.75) is 52.5 Å². The summed E-state index contributed by atoms with van der Waals surface area (Å²) in [6, 6.07) is 7.50. The van der Waals surface area contributed by atoms with Crippen LogP contribution >= 0.6 is 0 Å². The highest BCUT2D eigenvalue weighted by Crippen LogP contribution is 2.22. The van der Waals surface area contributed by atoms with Crippen LogP contribution in [-0.4, -0.2) is 35.6 Å². The van der Waals surface area contributed by atoms with Crippen LogP contribution in [0.15, 0.2) is 33.8 Å². The number of aliphatic imine (C=N–C) groups is 1. The van der Waals surface area contributed by atoms with Gasteiger partial charge in [0.15, 0.2) is 11.7 Å². The molecule has 0 bridgehead atoms. The summed E-state index contributed by atoms with van der Waals surface area (Å²) >= 11 is 0. The molecule has 0 unspecified atom stereocenters. The Morgan fingerprint density at radius 1 is 1.25 bits per heavy atom. The first kappa shape index (κ1) is 21.4. The lowest BCUT2D eigenvalue weighted by atomic mass is 9.99. The zero-order valence-corrected chi connectivity index (χ0v) is 17.1. The quantitative estimate of drug-likeness (QED) is 0.452. The molecular weight excluding hydrogens is 356 g/mol. The lowest BCUT2D eigenvalue weighted by Crippen LogP contribution is -2.38. The number of nitrogens with one attached hydrogen (secondary N) is 3. The Morgan fingerprint density at radius 3 is 2.71 bits per heavy atom. The van der Waals surface area contributed by atoms with E-state index in [1.165, 1.54) is 0 Å². The maximum Gasteiger partial charge on any atom is 0.227 e. The highest BCUT2D eigenvalue weighted by atomic mass is 16.5. The van der Waals surface area contributed by atoms with E-state index < -0.39 is 0 Å². The van der Waals surface area contributed by atoms with Gasteiger partial charge in [-0.1, -0.05) is 25.1 Å². The number of pyridine rings is 1. The monoisotopic (exact) mass is 386 g/mol. The summed E-state index contributed by atoms with van der Waals surface area (Å²) in [6.07, 6.45) is 2.38. The van der Waals surface area contributed by atoms with Crippen LogP contribution < -0.4 is 16.0 Å². The van der Waals surface area contributed by atoms with E-state index in [0.29, 0.717) is 37.2 Å². The van der Waals surface area contributed by atoms with Crippen LogP contribution in [0.5, 0.6) is 0 Å². The van der Waals surface area contributed by atoms with Crippen molar-refractivity contribution in [2.24, 2.45) is 4.99 Å². The molecule has 0 aliphatic carbocycles. The molecule has 0 saturated heterocycles. The third-order valence-corrected chi connectivity index (χ3v) is 4.44. The molecule has 0 spiro atoms. The smallest absolute Gasteiger partial charge is 0.227 e. The second kappa shape index (κ2) is 11.1. The van der Waals surface area contributed by atoms with Gasteiger partial charge >= 0.3 is 0 Å². The van der Waals surface area contributed by atoms with E-state index in [9.17, 15) is 4.79 Å². The van der Waals surface area contributed by atoms with Crippen molar-refractivity contribution < 1.29 is 9.32 Å². The number of hydrogen-bond acceptors (Lipinski definition) is 5. The van der Waals surface area contributed by atoms with Gasteiger partial charge in [0.25, 0.3) is 0 Å². The summed E-state index contributed by atoms with van der Waals surface area (Å²) in [6.45, 7) is 7.11. The van der Waals surface area contributed by atoms with Crippen molar-refractivity contribution >= 4 is 17.7 Å². The number of rotatable bonds is 9. The van der Waals surface area contributed by atoms with Gasteiger partial charge < -0.3 is 20.5 Å². The van der Waals surface area contributed by atoms with Gasteiger partial charge in [0.05, 0.1) is 12.2 Å². The first-order valence-corrected chi connectivity index (χ1v) is 9.69. The van der Waals surface area contributed by atoms with Crippen molar-refractivity contribution in [3.05, 3.63) is 41.4 Å². The van der Waals surface area contributed by atoms with Crippen molar-refractivity contribution in [1.82, 2.24) is 20.8 Å². The summed E-state index contributed by atoms with van der Waals surface area (Å²) in [7, 11) is 1.68. The van der Waals surface area contributed by atoms with E-state index >= 15 is 0 Å². The first-order valence-electron chi connectivity index (χ1n) is 9.69. The largest absolute Gasteiger partial charge is 0.359 e. The van der Waals surface area contributed by atoms with E-state index in [1.54, 1.807) is 13.1 Å². The van der Waals surface area contributed by atoms with E-state index in [-0.39, 0.29) is 5.91 Å². The molecule has 152 valence electrons. The van der Waals surface area contributed by atoms with Crippen LogP contribution in [0.2, 0.25) is 0 Å². The fraction of sp³-hybridized carbons (Fsp3) is 0.500. The summed E-state index contributed by atoms with van der Waals surface area (Å²) < 4.78 is 5.40. The lowest BCUT2D eigenvalue weighted by molar-refractivity contribution is -0.116. The SMILES string of the molecule is CCC(CC)c1cc(CNC(=NC)NCCC(=O)Nc2cccc(C)n2)on1. The Morgan fingerprint density at radius 2 is 2.04 bits per heavy atom. The minimum atomic E-state index is -0.105. The van der Waals surface area contributed by atoms with Gasteiger partial charge in [0.1, 0.15) is 5.82 Å². The van der Waals surface area contributed by atoms with Gasteiger partial charge in [-0.2, -0.15) is 0 Å². The van der Waals surface area contributed by atoms with E-state index in [4.69, 9.17) is 4.52 Å². The maximum atomic E-state index is 12.0. The standard InChI is InChI=1S/C20H30N6O2/c1-5-15(6-2)17-12-16(28-26-17)13-23-20(21-4)22-11-10-19(27)25-18-9-7-8-14(3)24-18/h7-9,12,15H,5-6,10-11,13H2,1-4H3,(H2,21,22,23)(H,24,25,27). The van der Waals surface area contributed by atoms with Crippen LogP contribution in [0.25, 0.3) is 0 Å². The first-order chi connectivity index (χ1) is 13.5. The Balaban J connectivity index is 1.73. The Kier molecular flexibility index (Phi) is 8.45. The molecule has 8 nitrogen and oxygen atoms in total. The molecule has 0 fully saturated rings. The molecule has 0 radical (unpaired) electrons. The third kappa shape index (κ3) is 6.68. The Labute approximate surface area is 166 Å². The number of hydrogen-bond donors (Lipinski definition) is 3. The predicted octanol–water partition coefficient (Wildman–Crippen LogP) is 2.98. The molecule has 8 heteroatoms. The van der Waals surface area contributed by atoms with Crippen molar-refractivity contribution in [3.63, 3.8) is 0 Å². The van der Waals surface area contributed by atoms with Crippen LogP contribution in [-0.2, 0) is 11.3 Å². The van der Waals surface area contributed by atoms with Gasteiger partial charge in [-0.15, -0.1) is 0 Å². The lowest BCUT2D eigenvalue weighted by Gasteiger charge is -2.10. The minimum absolute atomic E-state index is 0.105. The number of anilines is 1. The molecule has 28 heavy (non-hydrogen) atoms. The summed E-state index contributed by atoms with van der Waals surface area (Å²) in [5.74, 6) is 2.24. The maximum absolute atomic E-state index is 12.0. The Hall–Kier alpha value is -2.90. The molecule has 3 N–H and O–H groups in total. The fourth-order valence-corrected chi connectivity index (χ4v) is 2.82. The number of guanidine groups is 1. The Bertz CT molecular complexity index is 783. The van der Waals surface area contributed by atoms with Crippen LogP contribution in [0.3, 0.4) is 0 Å².